The number of anilines is 3. The van der Waals surface area contributed by atoms with Gasteiger partial charge in [-0.25, -0.2) is 0 Å². The Bertz CT molecular complexity index is 705. The van der Waals surface area contributed by atoms with Crippen molar-refractivity contribution >= 4 is 29.0 Å². The van der Waals surface area contributed by atoms with Crippen LogP contribution in [0.15, 0.2) is 77.2 Å². The number of benzene rings is 2. The Hall–Kier alpha value is -2.33. The minimum absolute atomic E-state index is 0.760. The molecule has 3 N–H and O–H groups in total. The van der Waals surface area contributed by atoms with Gasteiger partial charge in [-0.15, -0.1) is 0 Å². The van der Waals surface area contributed by atoms with E-state index < -0.39 is 0 Å². The predicted molar refractivity (Wildman–Crippen MR) is 143 cm³/mol. The fourth-order valence-corrected chi connectivity index (χ4v) is 2.68. The van der Waals surface area contributed by atoms with Gasteiger partial charge in [0.25, 0.3) is 0 Å². The molecule has 0 bridgehead atoms. The molecular formula is C26H43N3S. The van der Waals surface area contributed by atoms with Crippen LogP contribution in [0.5, 0.6) is 0 Å². The SMILES string of the molecule is C/C=C(/C)CC.C/C=C\C.CC.CNc1ccc(N(C)Sc2ccccc2)cc1N. The summed E-state index contributed by atoms with van der Waals surface area (Å²) < 4.78 is 2.10. The van der Waals surface area contributed by atoms with Gasteiger partial charge in [0.1, 0.15) is 0 Å². The van der Waals surface area contributed by atoms with E-state index >= 15 is 0 Å². The summed E-state index contributed by atoms with van der Waals surface area (Å²) >= 11 is 1.68. The molecule has 0 saturated heterocycles. The smallest absolute Gasteiger partial charge is 0.0572 e. The van der Waals surface area contributed by atoms with Crippen molar-refractivity contribution in [2.24, 2.45) is 0 Å². The first kappa shape index (κ1) is 29.9. The zero-order valence-electron chi connectivity index (χ0n) is 20.5. The Labute approximate surface area is 190 Å². The highest BCUT2D eigenvalue weighted by atomic mass is 32.2. The molecule has 2 rings (SSSR count). The van der Waals surface area contributed by atoms with Crippen LogP contribution in [0.25, 0.3) is 0 Å². The van der Waals surface area contributed by atoms with E-state index in [1.807, 2.05) is 84.3 Å². The number of allylic oxidation sites excluding steroid dienone is 4. The van der Waals surface area contributed by atoms with Gasteiger partial charge in [0.15, 0.2) is 0 Å². The van der Waals surface area contributed by atoms with Gasteiger partial charge in [0.2, 0.25) is 0 Å². The summed E-state index contributed by atoms with van der Waals surface area (Å²) in [5.74, 6) is 0. The molecule has 0 radical (unpaired) electrons. The molecule has 0 spiro atoms. The summed E-state index contributed by atoms with van der Waals surface area (Å²) in [6.07, 6.45) is 7.33. The Balaban J connectivity index is 0. The third-order valence-electron chi connectivity index (χ3n) is 4.04. The molecule has 2 aromatic carbocycles. The van der Waals surface area contributed by atoms with Crippen LogP contribution in [0.2, 0.25) is 0 Å². The highest BCUT2D eigenvalue weighted by molar-refractivity contribution is 8.00. The molecule has 3 nitrogen and oxygen atoms in total. The summed E-state index contributed by atoms with van der Waals surface area (Å²) in [5.41, 5.74) is 10.2. The van der Waals surface area contributed by atoms with E-state index in [1.54, 1.807) is 11.9 Å². The van der Waals surface area contributed by atoms with Crippen molar-refractivity contribution in [3.8, 4) is 0 Å². The lowest BCUT2D eigenvalue weighted by Crippen LogP contribution is -2.07. The summed E-state index contributed by atoms with van der Waals surface area (Å²) in [6.45, 7) is 14.4. The largest absolute Gasteiger partial charge is 0.397 e. The van der Waals surface area contributed by atoms with Gasteiger partial charge in [-0.05, 0) is 76.4 Å². The van der Waals surface area contributed by atoms with Gasteiger partial charge in [-0.2, -0.15) is 0 Å². The number of nitrogens with zero attached hydrogens (tertiary/aromatic N) is 1. The highest BCUT2D eigenvalue weighted by Gasteiger charge is 2.05. The van der Waals surface area contributed by atoms with Crippen molar-refractivity contribution in [2.75, 3.05) is 29.5 Å². The lowest BCUT2D eigenvalue weighted by molar-refractivity contribution is 1.09. The fraction of sp³-hybridized carbons (Fsp3) is 0.385. The minimum atomic E-state index is 0.760. The molecule has 0 aliphatic heterocycles. The number of hydrogen-bond acceptors (Lipinski definition) is 4. The second-order valence-electron chi connectivity index (χ2n) is 6.08. The van der Waals surface area contributed by atoms with E-state index in [2.05, 4.69) is 54.7 Å². The molecule has 0 aliphatic carbocycles. The van der Waals surface area contributed by atoms with Crippen LogP contribution in [0.3, 0.4) is 0 Å². The first-order valence-electron chi connectivity index (χ1n) is 10.7. The van der Waals surface area contributed by atoms with Crippen LogP contribution >= 0.6 is 11.9 Å². The van der Waals surface area contributed by atoms with Crippen LogP contribution in [0.1, 0.15) is 54.9 Å². The summed E-state index contributed by atoms with van der Waals surface area (Å²) in [4.78, 5) is 1.20. The van der Waals surface area contributed by atoms with E-state index in [1.165, 1.54) is 16.9 Å². The number of nitrogen functional groups attached to an aromatic ring is 1. The van der Waals surface area contributed by atoms with E-state index in [4.69, 9.17) is 5.73 Å². The Kier molecular flexibility index (Phi) is 19.9. The maximum atomic E-state index is 5.96. The average Bonchev–Trinajstić information content (AvgIpc) is 2.81. The molecule has 0 aliphatic rings. The normalized spacial score (nSPS) is 9.97. The lowest BCUT2D eigenvalue weighted by atomic mass is 10.2. The van der Waals surface area contributed by atoms with Crippen molar-refractivity contribution < 1.29 is 0 Å². The van der Waals surface area contributed by atoms with E-state index in [0.717, 1.165) is 17.1 Å². The minimum Gasteiger partial charge on any atom is -0.397 e. The Morgan fingerprint density at radius 2 is 1.60 bits per heavy atom. The van der Waals surface area contributed by atoms with Gasteiger partial charge in [-0.3, -0.25) is 0 Å². The average molecular weight is 430 g/mol. The molecule has 0 unspecified atom stereocenters. The number of hydrogen-bond donors (Lipinski definition) is 2. The van der Waals surface area contributed by atoms with Crippen LogP contribution in [-0.4, -0.2) is 14.1 Å². The second kappa shape index (κ2) is 20.0. The van der Waals surface area contributed by atoms with Gasteiger partial charge in [-0.1, -0.05) is 62.8 Å². The molecule has 0 aromatic heterocycles. The molecule has 2 aromatic rings. The topological polar surface area (TPSA) is 41.3 Å². The molecule has 0 amide bonds. The van der Waals surface area contributed by atoms with Crippen LogP contribution in [0, 0.1) is 0 Å². The maximum Gasteiger partial charge on any atom is 0.0572 e. The molecule has 30 heavy (non-hydrogen) atoms. The molecular weight excluding hydrogens is 386 g/mol. The molecule has 0 saturated carbocycles. The summed E-state index contributed by atoms with van der Waals surface area (Å²) in [7, 11) is 3.90. The lowest BCUT2D eigenvalue weighted by Gasteiger charge is -2.19. The first-order valence-corrected chi connectivity index (χ1v) is 11.4. The van der Waals surface area contributed by atoms with Gasteiger partial charge >= 0.3 is 0 Å². The van der Waals surface area contributed by atoms with Gasteiger partial charge < -0.3 is 15.4 Å². The van der Waals surface area contributed by atoms with E-state index in [-0.39, 0.29) is 0 Å². The van der Waals surface area contributed by atoms with E-state index in [9.17, 15) is 0 Å². The Morgan fingerprint density at radius 3 is 1.97 bits per heavy atom. The Morgan fingerprint density at radius 1 is 1.03 bits per heavy atom. The first-order chi connectivity index (χ1) is 14.4. The van der Waals surface area contributed by atoms with Crippen LogP contribution < -0.4 is 15.4 Å². The van der Waals surface area contributed by atoms with Crippen LogP contribution in [-0.2, 0) is 0 Å². The molecule has 168 valence electrons. The molecule has 0 atom stereocenters. The molecule has 0 heterocycles. The second-order valence-corrected chi connectivity index (χ2v) is 7.28. The van der Waals surface area contributed by atoms with Gasteiger partial charge in [0, 0.05) is 24.7 Å². The van der Waals surface area contributed by atoms with E-state index in [0.29, 0.717) is 0 Å². The predicted octanol–water partition coefficient (Wildman–Crippen LogP) is 8.43. The maximum absolute atomic E-state index is 5.96. The van der Waals surface area contributed by atoms with Crippen LogP contribution in [0.4, 0.5) is 17.1 Å². The fourth-order valence-electron chi connectivity index (χ4n) is 1.87. The molecule has 4 heteroatoms. The monoisotopic (exact) mass is 429 g/mol. The van der Waals surface area contributed by atoms with Gasteiger partial charge in [0.05, 0.1) is 11.4 Å². The van der Waals surface area contributed by atoms with Crippen molar-refractivity contribution in [1.29, 1.82) is 0 Å². The van der Waals surface area contributed by atoms with Crippen molar-refractivity contribution in [3.05, 3.63) is 72.3 Å². The third-order valence-corrected chi connectivity index (χ3v) is 5.01. The summed E-state index contributed by atoms with van der Waals surface area (Å²) in [6, 6.07) is 16.3. The highest BCUT2D eigenvalue weighted by Crippen LogP contribution is 2.30. The number of nitrogens with two attached hydrogens (primary N) is 1. The third kappa shape index (κ3) is 13.8. The molecule has 0 fully saturated rings. The standard InChI is InChI=1S/C14H17N3S.C6H12.C4H8.C2H6/c1-16-14-9-8-11(10-13(14)15)17(2)18-12-6-4-3-5-7-12;1-4-6(3)5-2;1-3-4-2;1-2/h3-10,16H,15H2,1-2H3;4H,5H2,1-3H3;3-4H,1-2H3;1-2H3/b;6-4-;4-3-;. The summed E-state index contributed by atoms with van der Waals surface area (Å²) in [5, 5.41) is 3.06. The number of nitrogens with one attached hydrogen (secondary N) is 1. The van der Waals surface area contributed by atoms with Crippen molar-refractivity contribution in [1.82, 2.24) is 0 Å². The zero-order valence-corrected chi connectivity index (χ0v) is 21.3. The zero-order chi connectivity index (χ0) is 23.4. The number of rotatable bonds is 5. The van der Waals surface area contributed by atoms with Crippen molar-refractivity contribution in [2.45, 2.75) is 59.8 Å². The van der Waals surface area contributed by atoms with Crippen molar-refractivity contribution in [3.63, 3.8) is 0 Å². The quantitative estimate of drug-likeness (QED) is 0.284.